The van der Waals surface area contributed by atoms with Crippen molar-refractivity contribution in [2.45, 2.75) is 32.7 Å². The van der Waals surface area contributed by atoms with E-state index in [1.165, 1.54) is 6.92 Å². The standard InChI is InChI=1S/C22H22ClN7O2/c1-3-15-19(23)18-20(27-15)28-22(29-21(18)30-9-6-13(11-30)26-12(2)31)32-14-4-5-16-17(10-14)25-8-7-24-16/h4-5,7-8,10,13H,3,6,9,11H2,1-2H3,(H,26,31)(H,27,28,29)/t13-/m0/s1. The summed E-state index contributed by atoms with van der Waals surface area (Å²) in [7, 11) is 0. The van der Waals surface area contributed by atoms with Crippen molar-refractivity contribution in [3.63, 3.8) is 0 Å². The SMILES string of the molecule is CCc1[nH]c2nc(Oc3ccc4nccnc4c3)nc(N3CC[C@H](NC(C)=O)C3)c2c1Cl. The zero-order valence-electron chi connectivity index (χ0n) is 17.7. The number of hydrogen-bond acceptors (Lipinski definition) is 7. The Morgan fingerprint density at radius 3 is 2.88 bits per heavy atom. The molecule has 1 aliphatic heterocycles. The van der Waals surface area contributed by atoms with E-state index in [0.717, 1.165) is 41.5 Å². The van der Waals surface area contributed by atoms with Crippen LogP contribution in [0.4, 0.5) is 5.82 Å². The number of benzene rings is 1. The highest BCUT2D eigenvalue weighted by Crippen LogP contribution is 2.37. The van der Waals surface area contributed by atoms with E-state index < -0.39 is 0 Å². The van der Waals surface area contributed by atoms with Crippen molar-refractivity contribution in [1.82, 2.24) is 30.2 Å². The molecular weight excluding hydrogens is 430 g/mol. The van der Waals surface area contributed by atoms with Gasteiger partial charge in [-0.1, -0.05) is 18.5 Å². The lowest BCUT2D eigenvalue weighted by Crippen LogP contribution is -2.35. The minimum atomic E-state index is -0.0407. The molecule has 1 fully saturated rings. The Bertz CT molecular complexity index is 1320. The number of amides is 1. The summed E-state index contributed by atoms with van der Waals surface area (Å²) >= 11 is 6.68. The molecule has 4 aromatic rings. The molecule has 1 saturated heterocycles. The van der Waals surface area contributed by atoms with Crippen LogP contribution in [0.3, 0.4) is 0 Å². The van der Waals surface area contributed by atoms with Crippen LogP contribution in [0, 0.1) is 0 Å². The predicted octanol–water partition coefficient (Wildman–Crippen LogP) is 3.62. The first-order valence-electron chi connectivity index (χ1n) is 10.5. The first kappa shape index (κ1) is 20.4. The predicted molar refractivity (Wildman–Crippen MR) is 122 cm³/mol. The summed E-state index contributed by atoms with van der Waals surface area (Å²) in [4.78, 5) is 34.8. The zero-order chi connectivity index (χ0) is 22.2. The quantitative estimate of drug-likeness (QED) is 0.477. The number of hydrogen-bond donors (Lipinski definition) is 2. The maximum absolute atomic E-state index is 11.5. The Kier molecular flexibility index (Phi) is 5.26. The maximum atomic E-state index is 11.5. The minimum absolute atomic E-state index is 0.0407. The van der Waals surface area contributed by atoms with Crippen molar-refractivity contribution in [3.05, 3.63) is 41.3 Å². The molecule has 32 heavy (non-hydrogen) atoms. The molecule has 1 amide bonds. The first-order chi connectivity index (χ1) is 15.5. The molecule has 3 aromatic heterocycles. The average molecular weight is 452 g/mol. The van der Waals surface area contributed by atoms with Gasteiger partial charge in [0.05, 0.1) is 21.4 Å². The van der Waals surface area contributed by atoms with E-state index in [4.69, 9.17) is 21.3 Å². The third-order valence-electron chi connectivity index (χ3n) is 5.52. The van der Waals surface area contributed by atoms with Gasteiger partial charge in [0.15, 0.2) is 0 Å². The van der Waals surface area contributed by atoms with E-state index in [0.29, 0.717) is 28.8 Å². The summed E-state index contributed by atoms with van der Waals surface area (Å²) in [6, 6.07) is 5.73. The minimum Gasteiger partial charge on any atom is -0.424 e. The molecule has 0 spiro atoms. The number of aromatic nitrogens is 5. The van der Waals surface area contributed by atoms with Crippen LogP contribution in [0.15, 0.2) is 30.6 Å². The summed E-state index contributed by atoms with van der Waals surface area (Å²) in [5.74, 6) is 1.22. The second-order valence-electron chi connectivity index (χ2n) is 7.77. The van der Waals surface area contributed by atoms with Gasteiger partial charge in [-0.3, -0.25) is 14.8 Å². The number of carbonyl (C=O) groups is 1. The Morgan fingerprint density at radius 2 is 2.09 bits per heavy atom. The van der Waals surface area contributed by atoms with Gasteiger partial charge in [-0.2, -0.15) is 9.97 Å². The normalized spacial score (nSPS) is 16.1. The molecule has 4 heterocycles. The van der Waals surface area contributed by atoms with Crippen LogP contribution in [0.2, 0.25) is 5.02 Å². The van der Waals surface area contributed by atoms with Gasteiger partial charge in [-0.05, 0) is 25.0 Å². The molecule has 1 atom stereocenters. The number of nitrogens with zero attached hydrogens (tertiary/aromatic N) is 5. The highest BCUT2D eigenvalue weighted by molar-refractivity contribution is 6.37. The fourth-order valence-electron chi connectivity index (χ4n) is 4.06. The fraction of sp³-hybridized carbons (Fsp3) is 0.318. The smallest absolute Gasteiger partial charge is 0.325 e. The highest BCUT2D eigenvalue weighted by Gasteiger charge is 2.28. The van der Waals surface area contributed by atoms with E-state index in [-0.39, 0.29) is 18.0 Å². The number of aromatic amines is 1. The number of anilines is 1. The zero-order valence-corrected chi connectivity index (χ0v) is 18.5. The van der Waals surface area contributed by atoms with E-state index in [9.17, 15) is 4.79 Å². The van der Waals surface area contributed by atoms with Crippen molar-refractivity contribution in [2.75, 3.05) is 18.0 Å². The molecule has 164 valence electrons. The molecule has 10 heteroatoms. The molecular formula is C22H22ClN7O2. The second kappa shape index (κ2) is 8.23. The van der Waals surface area contributed by atoms with Gasteiger partial charge in [0.25, 0.3) is 0 Å². The van der Waals surface area contributed by atoms with E-state index >= 15 is 0 Å². The summed E-state index contributed by atoms with van der Waals surface area (Å²) in [6.07, 6.45) is 4.85. The molecule has 0 radical (unpaired) electrons. The van der Waals surface area contributed by atoms with Crippen LogP contribution in [0.25, 0.3) is 22.1 Å². The number of nitrogens with one attached hydrogen (secondary N) is 2. The topological polar surface area (TPSA) is 109 Å². The molecule has 0 bridgehead atoms. The van der Waals surface area contributed by atoms with Crippen LogP contribution in [0.1, 0.15) is 26.0 Å². The molecule has 2 N–H and O–H groups in total. The molecule has 0 unspecified atom stereocenters. The molecule has 0 aliphatic carbocycles. The average Bonchev–Trinajstić information content (AvgIpc) is 3.37. The first-order valence-corrected chi connectivity index (χ1v) is 10.9. The third kappa shape index (κ3) is 3.80. The van der Waals surface area contributed by atoms with Gasteiger partial charge in [0, 0.05) is 50.2 Å². The van der Waals surface area contributed by atoms with Crippen molar-refractivity contribution >= 4 is 45.4 Å². The Balaban J connectivity index is 1.54. The number of halogens is 1. The Labute approximate surface area is 189 Å². The monoisotopic (exact) mass is 451 g/mol. The molecule has 5 rings (SSSR count). The van der Waals surface area contributed by atoms with Crippen LogP contribution in [0.5, 0.6) is 11.8 Å². The number of carbonyl (C=O) groups excluding carboxylic acids is 1. The summed E-state index contributed by atoms with van der Waals surface area (Å²) in [5.41, 5.74) is 3.02. The number of ether oxygens (including phenoxy) is 1. The van der Waals surface area contributed by atoms with Gasteiger partial charge in [0.2, 0.25) is 5.91 Å². The molecule has 1 aliphatic rings. The van der Waals surface area contributed by atoms with Crippen LogP contribution < -0.4 is 15.0 Å². The molecule has 0 saturated carbocycles. The van der Waals surface area contributed by atoms with Crippen molar-refractivity contribution in [1.29, 1.82) is 0 Å². The summed E-state index contributed by atoms with van der Waals surface area (Å²) < 4.78 is 6.02. The van der Waals surface area contributed by atoms with E-state index in [2.05, 4.69) is 30.2 Å². The van der Waals surface area contributed by atoms with Gasteiger partial charge < -0.3 is 19.9 Å². The van der Waals surface area contributed by atoms with Gasteiger partial charge >= 0.3 is 6.01 Å². The number of rotatable bonds is 5. The van der Waals surface area contributed by atoms with Crippen LogP contribution >= 0.6 is 11.6 Å². The highest BCUT2D eigenvalue weighted by atomic mass is 35.5. The van der Waals surface area contributed by atoms with E-state index in [1.54, 1.807) is 18.5 Å². The van der Waals surface area contributed by atoms with Gasteiger partial charge in [-0.25, -0.2) is 0 Å². The molecule has 9 nitrogen and oxygen atoms in total. The number of H-pyrrole nitrogens is 1. The van der Waals surface area contributed by atoms with Crippen molar-refractivity contribution in [2.24, 2.45) is 0 Å². The maximum Gasteiger partial charge on any atom is 0.325 e. The van der Waals surface area contributed by atoms with Crippen LogP contribution in [-0.4, -0.2) is 50.0 Å². The lowest BCUT2D eigenvalue weighted by molar-refractivity contribution is -0.119. The largest absolute Gasteiger partial charge is 0.424 e. The Hall–Kier alpha value is -3.46. The van der Waals surface area contributed by atoms with Gasteiger partial charge in [-0.15, -0.1) is 0 Å². The van der Waals surface area contributed by atoms with E-state index in [1.807, 2.05) is 19.1 Å². The second-order valence-corrected chi connectivity index (χ2v) is 8.14. The van der Waals surface area contributed by atoms with Crippen molar-refractivity contribution in [3.8, 4) is 11.8 Å². The lowest BCUT2D eigenvalue weighted by atomic mass is 10.2. The van der Waals surface area contributed by atoms with Crippen molar-refractivity contribution < 1.29 is 9.53 Å². The molecule has 1 aromatic carbocycles. The summed E-state index contributed by atoms with van der Waals surface area (Å²) in [6.45, 7) is 4.94. The summed E-state index contributed by atoms with van der Waals surface area (Å²) in [5, 5.41) is 4.37. The Morgan fingerprint density at radius 1 is 1.28 bits per heavy atom. The van der Waals surface area contributed by atoms with Crippen LogP contribution in [-0.2, 0) is 11.2 Å². The lowest BCUT2D eigenvalue weighted by Gasteiger charge is -2.19. The number of aryl methyl sites for hydroxylation is 1. The number of fused-ring (bicyclic) bond motifs is 2. The van der Waals surface area contributed by atoms with Gasteiger partial charge in [0.1, 0.15) is 17.2 Å². The fourth-order valence-corrected chi connectivity index (χ4v) is 4.41. The third-order valence-corrected chi connectivity index (χ3v) is 5.94.